The number of nitrogens with zero attached hydrogens (tertiary/aromatic N) is 1. The lowest BCUT2D eigenvalue weighted by molar-refractivity contribution is 0.323. The minimum Gasteiger partial charge on any atom is -0.477 e. The summed E-state index contributed by atoms with van der Waals surface area (Å²) in [4.78, 5) is 0. The van der Waals surface area contributed by atoms with Gasteiger partial charge in [-0.15, -0.1) is 5.10 Å². The first kappa shape index (κ1) is 10.7. The maximum Gasteiger partial charge on any atom is 0.235 e. The Morgan fingerprint density at radius 2 is 2.00 bits per heavy atom. The fourth-order valence-electron chi connectivity index (χ4n) is 1.67. The van der Waals surface area contributed by atoms with Crippen molar-refractivity contribution >= 4 is 0 Å². The molecule has 0 radical (unpaired) electrons. The second-order valence-corrected chi connectivity index (χ2v) is 3.63. The number of aryl methyl sites for hydroxylation is 2. The van der Waals surface area contributed by atoms with Crippen LogP contribution in [0.15, 0.2) is 36.5 Å². The van der Waals surface area contributed by atoms with Crippen LogP contribution >= 0.6 is 0 Å². The minimum atomic E-state index is 0.656. The van der Waals surface area contributed by atoms with Crippen molar-refractivity contribution in [3.05, 3.63) is 47.7 Å². The summed E-state index contributed by atoms with van der Waals surface area (Å²) >= 11 is 0. The molecule has 0 atom stereocenters. The number of aromatic nitrogens is 2. The summed E-state index contributed by atoms with van der Waals surface area (Å²) in [5.74, 6) is 0.735. The van der Waals surface area contributed by atoms with Gasteiger partial charge in [-0.3, -0.25) is 5.10 Å². The third-order valence-electron chi connectivity index (χ3n) is 2.49. The van der Waals surface area contributed by atoms with Crippen LogP contribution in [0.1, 0.15) is 18.1 Å². The summed E-state index contributed by atoms with van der Waals surface area (Å²) in [5.41, 5.74) is 2.48. The molecule has 2 rings (SSSR count). The van der Waals surface area contributed by atoms with Crippen molar-refractivity contribution in [1.82, 2.24) is 10.2 Å². The first-order valence-corrected chi connectivity index (χ1v) is 5.59. The van der Waals surface area contributed by atoms with Crippen LogP contribution in [0, 0.1) is 0 Å². The Morgan fingerprint density at radius 3 is 2.75 bits per heavy atom. The normalized spacial score (nSPS) is 10.3. The predicted molar refractivity (Wildman–Crippen MR) is 63.6 cm³/mol. The van der Waals surface area contributed by atoms with Crippen LogP contribution in [0.5, 0.6) is 5.88 Å². The lowest BCUT2D eigenvalue weighted by atomic mass is 10.1. The maximum atomic E-state index is 5.42. The van der Waals surface area contributed by atoms with E-state index in [1.54, 1.807) is 0 Å². The molecule has 0 aliphatic heterocycles. The van der Waals surface area contributed by atoms with E-state index in [0.29, 0.717) is 6.61 Å². The average molecular weight is 216 g/mol. The second-order valence-electron chi connectivity index (χ2n) is 3.63. The van der Waals surface area contributed by atoms with Gasteiger partial charge < -0.3 is 4.74 Å². The molecule has 1 aromatic heterocycles. The van der Waals surface area contributed by atoms with E-state index in [1.165, 1.54) is 5.56 Å². The highest BCUT2D eigenvalue weighted by Crippen LogP contribution is 2.16. The van der Waals surface area contributed by atoms with Gasteiger partial charge in [-0.05, 0) is 25.3 Å². The predicted octanol–water partition coefficient (Wildman–Crippen LogP) is 2.59. The Hall–Kier alpha value is -1.77. The Labute approximate surface area is 95.5 Å². The van der Waals surface area contributed by atoms with Crippen molar-refractivity contribution in [2.24, 2.45) is 0 Å². The molecule has 0 unspecified atom stereocenters. The Kier molecular flexibility index (Phi) is 3.59. The molecule has 1 heterocycles. The molecule has 0 bridgehead atoms. The van der Waals surface area contributed by atoms with Gasteiger partial charge in [-0.2, -0.15) is 0 Å². The molecule has 3 nitrogen and oxygen atoms in total. The van der Waals surface area contributed by atoms with Crippen molar-refractivity contribution in [3.8, 4) is 5.88 Å². The van der Waals surface area contributed by atoms with E-state index in [4.69, 9.17) is 4.74 Å². The fourth-order valence-corrected chi connectivity index (χ4v) is 1.67. The molecule has 16 heavy (non-hydrogen) atoms. The molecule has 0 saturated heterocycles. The Balaban J connectivity index is 1.97. The monoisotopic (exact) mass is 216 g/mol. The van der Waals surface area contributed by atoms with Crippen LogP contribution in [0.2, 0.25) is 0 Å². The number of H-pyrrole nitrogens is 1. The van der Waals surface area contributed by atoms with Crippen molar-refractivity contribution in [2.45, 2.75) is 19.8 Å². The second kappa shape index (κ2) is 5.35. The lowest BCUT2D eigenvalue weighted by Crippen LogP contribution is -1.97. The number of rotatable bonds is 5. The average Bonchev–Trinajstić information content (AvgIpc) is 2.76. The standard InChI is InChI=1S/C13H16N2O/c1-2-16-13-12(10-14-15-13)9-8-11-6-4-3-5-7-11/h3-7,10H,2,8-9H2,1H3,(H,14,15). The summed E-state index contributed by atoms with van der Waals surface area (Å²) in [6.45, 7) is 2.62. The topological polar surface area (TPSA) is 37.9 Å². The van der Waals surface area contributed by atoms with E-state index in [-0.39, 0.29) is 0 Å². The SMILES string of the molecule is CCOc1n[nH]cc1CCc1ccccc1. The molecule has 2 aromatic rings. The van der Waals surface area contributed by atoms with Gasteiger partial charge in [-0.25, -0.2) is 0 Å². The van der Waals surface area contributed by atoms with E-state index in [0.717, 1.165) is 24.3 Å². The van der Waals surface area contributed by atoms with E-state index in [9.17, 15) is 0 Å². The summed E-state index contributed by atoms with van der Waals surface area (Å²) in [6.07, 6.45) is 3.88. The van der Waals surface area contributed by atoms with Crippen LogP contribution in [0.25, 0.3) is 0 Å². The maximum absolute atomic E-state index is 5.42. The number of hydrogen-bond donors (Lipinski definition) is 1. The van der Waals surface area contributed by atoms with Crippen molar-refractivity contribution in [1.29, 1.82) is 0 Å². The summed E-state index contributed by atoms with van der Waals surface area (Å²) in [7, 11) is 0. The van der Waals surface area contributed by atoms with Gasteiger partial charge in [0.2, 0.25) is 5.88 Å². The number of aromatic amines is 1. The van der Waals surface area contributed by atoms with E-state index >= 15 is 0 Å². The van der Waals surface area contributed by atoms with E-state index in [2.05, 4.69) is 34.5 Å². The van der Waals surface area contributed by atoms with Crippen LogP contribution in [-0.4, -0.2) is 16.8 Å². The molecule has 0 amide bonds. The molecule has 0 fully saturated rings. The van der Waals surface area contributed by atoms with Gasteiger partial charge in [0, 0.05) is 11.8 Å². The van der Waals surface area contributed by atoms with E-state index in [1.807, 2.05) is 19.2 Å². The number of hydrogen-bond acceptors (Lipinski definition) is 2. The lowest BCUT2D eigenvalue weighted by Gasteiger charge is -2.03. The summed E-state index contributed by atoms with van der Waals surface area (Å²) in [6, 6.07) is 10.4. The number of benzene rings is 1. The molecule has 1 aromatic carbocycles. The third-order valence-corrected chi connectivity index (χ3v) is 2.49. The van der Waals surface area contributed by atoms with Gasteiger partial charge >= 0.3 is 0 Å². The molecule has 0 aliphatic carbocycles. The molecular weight excluding hydrogens is 200 g/mol. The Bertz CT molecular complexity index is 423. The molecule has 0 saturated carbocycles. The zero-order valence-electron chi connectivity index (χ0n) is 9.44. The third kappa shape index (κ3) is 2.63. The van der Waals surface area contributed by atoms with Crippen molar-refractivity contribution < 1.29 is 4.74 Å². The number of ether oxygens (including phenoxy) is 1. The van der Waals surface area contributed by atoms with Crippen molar-refractivity contribution in [3.63, 3.8) is 0 Å². The zero-order valence-corrected chi connectivity index (χ0v) is 9.44. The quantitative estimate of drug-likeness (QED) is 0.834. The van der Waals surface area contributed by atoms with Crippen LogP contribution in [-0.2, 0) is 12.8 Å². The van der Waals surface area contributed by atoms with Crippen LogP contribution in [0.3, 0.4) is 0 Å². The highest BCUT2D eigenvalue weighted by Gasteiger charge is 2.06. The first-order valence-electron chi connectivity index (χ1n) is 5.59. The summed E-state index contributed by atoms with van der Waals surface area (Å²) < 4.78 is 5.42. The van der Waals surface area contributed by atoms with Gasteiger partial charge in [0.1, 0.15) is 0 Å². The highest BCUT2D eigenvalue weighted by atomic mass is 16.5. The zero-order chi connectivity index (χ0) is 11.2. The summed E-state index contributed by atoms with van der Waals surface area (Å²) in [5, 5.41) is 6.92. The first-order chi connectivity index (χ1) is 7.90. The highest BCUT2D eigenvalue weighted by molar-refractivity contribution is 5.25. The van der Waals surface area contributed by atoms with E-state index < -0.39 is 0 Å². The molecule has 84 valence electrons. The van der Waals surface area contributed by atoms with Crippen LogP contribution < -0.4 is 4.74 Å². The molecular formula is C13H16N2O. The van der Waals surface area contributed by atoms with Crippen molar-refractivity contribution in [2.75, 3.05) is 6.61 Å². The minimum absolute atomic E-state index is 0.656. The number of nitrogens with one attached hydrogen (secondary N) is 1. The smallest absolute Gasteiger partial charge is 0.235 e. The fraction of sp³-hybridized carbons (Fsp3) is 0.308. The van der Waals surface area contributed by atoms with Crippen LogP contribution in [0.4, 0.5) is 0 Å². The molecule has 1 N–H and O–H groups in total. The van der Waals surface area contributed by atoms with Gasteiger partial charge in [0.05, 0.1) is 6.61 Å². The molecule has 0 spiro atoms. The van der Waals surface area contributed by atoms with Gasteiger partial charge in [0.15, 0.2) is 0 Å². The largest absolute Gasteiger partial charge is 0.477 e. The van der Waals surface area contributed by atoms with Gasteiger partial charge in [-0.1, -0.05) is 30.3 Å². The van der Waals surface area contributed by atoms with Gasteiger partial charge in [0.25, 0.3) is 0 Å². The molecule has 3 heteroatoms. The Morgan fingerprint density at radius 1 is 1.19 bits per heavy atom. The molecule has 0 aliphatic rings.